The number of imidazole rings is 1. The average Bonchev–Trinajstić information content (AvgIpc) is 4.10. The number of aliphatic hydroxyl groups is 3. The van der Waals surface area contributed by atoms with Crippen LogP contribution in [-0.4, -0.2) is 180 Å². The lowest BCUT2D eigenvalue weighted by Crippen LogP contribution is -2.64. The first-order valence-corrected chi connectivity index (χ1v) is 27.1. The van der Waals surface area contributed by atoms with Gasteiger partial charge in [0.15, 0.2) is 0 Å². The van der Waals surface area contributed by atoms with Crippen molar-refractivity contribution >= 4 is 95.2 Å². The van der Waals surface area contributed by atoms with E-state index >= 15 is 0 Å². The number of aromatic nitrogens is 3. The minimum absolute atomic E-state index is 0.0164. The first kappa shape index (κ1) is 63.3. The van der Waals surface area contributed by atoms with E-state index in [1.54, 1.807) is 74.6 Å². The van der Waals surface area contributed by atoms with Crippen molar-refractivity contribution in [1.82, 2.24) is 68.1 Å². The summed E-state index contributed by atoms with van der Waals surface area (Å²) in [6.07, 6.45) is -1.25. The Balaban J connectivity index is 1.55. The van der Waals surface area contributed by atoms with Gasteiger partial charge in [0.05, 0.1) is 31.2 Å². The number of para-hydroxylation sites is 1. The molecule has 2 aromatic carbocycles. The molecular formula is C52H71N13O13S2. The average molecular weight is 1150 g/mol. The predicted octanol–water partition coefficient (Wildman–Crippen LogP) is -3.54. The van der Waals surface area contributed by atoms with Crippen LogP contribution in [0.4, 0.5) is 0 Å². The number of aliphatic hydroxyl groups excluding tert-OH is 3. The highest BCUT2D eigenvalue weighted by molar-refractivity contribution is 7.80. The zero-order chi connectivity index (χ0) is 58.8. The van der Waals surface area contributed by atoms with Crippen LogP contribution in [0, 0.1) is 5.92 Å². The molecule has 1 aliphatic rings. The molecule has 26 nitrogen and oxygen atoms in total. The maximum atomic E-state index is 14.5. The Hall–Kier alpha value is -7.53. The summed E-state index contributed by atoms with van der Waals surface area (Å²) < 4.78 is 0. The van der Waals surface area contributed by atoms with Crippen molar-refractivity contribution in [1.29, 1.82) is 0 Å². The lowest BCUT2D eigenvalue weighted by Gasteiger charge is -2.29. The van der Waals surface area contributed by atoms with E-state index < -0.39 is 144 Å². The van der Waals surface area contributed by atoms with Crippen LogP contribution < -0.4 is 53.2 Å². The number of fused-ring (bicyclic) bond motifs is 1. The third kappa shape index (κ3) is 18.3. The normalized spacial score (nSPS) is 25.5. The van der Waals surface area contributed by atoms with Gasteiger partial charge in [0.2, 0.25) is 59.1 Å². The molecule has 12 atom stereocenters. The Morgan fingerprint density at radius 2 is 0.950 bits per heavy atom. The molecule has 0 aliphatic carbocycles. The molecule has 3 heterocycles. The molecule has 10 amide bonds. The van der Waals surface area contributed by atoms with Crippen molar-refractivity contribution in [3.63, 3.8) is 0 Å². The third-order valence-electron chi connectivity index (χ3n) is 12.9. The fourth-order valence-electron chi connectivity index (χ4n) is 8.55. The predicted molar refractivity (Wildman–Crippen MR) is 297 cm³/mol. The quantitative estimate of drug-likeness (QED) is 0.0577. The zero-order valence-electron chi connectivity index (χ0n) is 44.6. The van der Waals surface area contributed by atoms with Crippen LogP contribution in [0.15, 0.2) is 73.3 Å². The highest BCUT2D eigenvalue weighted by Gasteiger charge is 2.38. The molecular weight excluding hydrogens is 1080 g/mol. The second-order valence-corrected chi connectivity index (χ2v) is 20.6. The molecule has 0 radical (unpaired) electrons. The molecule has 0 saturated carbocycles. The van der Waals surface area contributed by atoms with Crippen LogP contribution in [0.25, 0.3) is 10.9 Å². The van der Waals surface area contributed by atoms with E-state index in [0.717, 1.165) is 13.8 Å². The van der Waals surface area contributed by atoms with Crippen LogP contribution in [0.1, 0.15) is 57.9 Å². The summed E-state index contributed by atoms with van der Waals surface area (Å²) in [6.45, 7) is 6.23. The molecule has 2 aromatic heterocycles. The van der Waals surface area contributed by atoms with E-state index in [-0.39, 0.29) is 37.4 Å². The van der Waals surface area contributed by atoms with E-state index in [1.165, 1.54) is 19.4 Å². The highest BCUT2D eigenvalue weighted by Crippen LogP contribution is 2.20. The molecule has 1 fully saturated rings. The lowest BCUT2D eigenvalue weighted by molar-refractivity contribution is -0.138. The van der Waals surface area contributed by atoms with Crippen LogP contribution in [0.5, 0.6) is 0 Å². The van der Waals surface area contributed by atoms with Gasteiger partial charge in [-0.25, -0.2) is 4.98 Å². The van der Waals surface area contributed by atoms with Crippen molar-refractivity contribution in [2.75, 3.05) is 18.1 Å². The number of nitrogens with one attached hydrogen (secondary N) is 12. The largest absolute Gasteiger partial charge is 0.391 e. The van der Waals surface area contributed by atoms with Gasteiger partial charge in [-0.05, 0) is 50.3 Å². The Kier molecular flexibility index (Phi) is 23.9. The first-order chi connectivity index (χ1) is 38.0. The molecule has 15 N–H and O–H groups in total. The summed E-state index contributed by atoms with van der Waals surface area (Å²) in [7, 11) is 0. The van der Waals surface area contributed by atoms with Crippen LogP contribution in [-0.2, 0) is 67.2 Å². The molecule has 80 heavy (non-hydrogen) atoms. The monoisotopic (exact) mass is 1150 g/mol. The first-order valence-electron chi connectivity index (χ1n) is 25.8. The second kappa shape index (κ2) is 30.2. The number of rotatable bonds is 13. The summed E-state index contributed by atoms with van der Waals surface area (Å²) in [5, 5.41) is 58.1. The Morgan fingerprint density at radius 1 is 0.500 bits per heavy atom. The second-order valence-electron chi connectivity index (χ2n) is 19.9. The number of aromatic amines is 2. The fourth-order valence-corrected chi connectivity index (χ4v) is 9.06. The third-order valence-corrected chi connectivity index (χ3v) is 13.6. The summed E-state index contributed by atoms with van der Waals surface area (Å²) in [5.41, 5.74) is 2.15. The van der Waals surface area contributed by atoms with Crippen LogP contribution in [0.3, 0.4) is 0 Å². The number of carbonyl (C=O) groups excluding carboxylic acids is 10. The summed E-state index contributed by atoms with van der Waals surface area (Å²) >= 11 is 8.41. The Labute approximate surface area is 471 Å². The zero-order valence-corrected chi connectivity index (χ0v) is 46.4. The smallest absolute Gasteiger partial charge is 0.245 e. The molecule has 434 valence electrons. The maximum Gasteiger partial charge on any atom is 0.245 e. The summed E-state index contributed by atoms with van der Waals surface area (Å²) in [4.78, 5) is 150. The molecule has 5 rings (SSSR count). The fraction of sp³-hybridized carbons (Fsp3) is 0.481. The molecule has 0 spiro atoms. The van der Waals surface area contributed by atoms with Crippen molar-refractivity contribution < 1.29 is 63.3 Å². The molecule has 28 heteroatoms. The number of H-pyrrole nitrogens is 2. The molecule has 0 unspecified atom stereocenters. The number of benzene rings is 2. The number of thiol groups is 2. The van der Waals surface area contributed by atoms with E-state index in [0.29, 0.717) is 27.7 Å². The standard InChI is InChI=1S/C52H71N13O13S2/c1-25(2)15-34-45(71)61-38(22-79)48(74)62-39(23-80)49(75)64-43(28(5)68)52(78)65-42(27(4)67)51(77)60-37(18-31-20-53-24-56-31)46(72)58-36(17-30-19-54-33-14-10-9-13-32(30)33)44(70)55-21-40(69)57-35(16-29-11-7-6-8-12-29)47(73)63-41(26(3)66)50(76)59-34/h6-14,19-20,24-28,34-39,41-43,54,66-68,79-80H,15-18,21-23H2,1-5H3,(H,53,56)(H,55,70)(H,57,69)(H,58,72)(H,59,76)(H,60,77)(H,61,71)(H,62,74)(H,63,73)(H,64,75)(H,65,78)/t26-,27-,28-,34+,35+,36+,37+,38+,39+,41+,42+,43+/m1/s1. The summed E-state index contributed by atoms with van der Waals surface area (Å²) in [5.74, 6) is -10.9. The van der Waals surface area contributed by atoms with Crippen LogP contribution in [0.2, 0.25) is 0 Å². The number of hydrogen-bond acceptors (Lipinski definition) is 16. The SMILES string of the molecule is CC(C)C[C@@H]1NC(=O)[C@H]([C@@H](C)O)NC(=O)[C@H](Cc2ccccc2)NC(=O)CNC(=O)[C@H](Cc2c[nH]c3ccccc23)NC(=O)[C@H](Cc2cnc[nH]2)NC(=O)[C@H]([C@@H](C)O)NC(=O)[C@H]([C@@H](C)O)NC(=O)[C@H](CS)NC(=O)[C@H](CS)NC1=O. The van der Waals surface area contributed by atoms with E-state index in [2.05, 4.69) is 93.4 Å². The van der Waals surface area contributed by atoms with Gasteiger partial charge in [-0.2, -0.15) is 25.3 Å². The lowest BCUT2D eigenvalue weighted by atomic mass is 10.0. The number of nitrogens with zero attached hydrogens (tertiary/aromatic N) is 1. The van der Waals surface area contributed by atoms with Crippen LogP contribution >= 0.6 is 25.3 Å². The molecule has 0 bridgehead atoms. The van der Waals surface area contributed by atoms with Crippen molar-refractivity contribution in [3.8, 4) is 0 Å². The van der Waals surface area contributed by atoms with Gasteiger partial charge in [-0.15, -0.1) is 0 Å². The Bertz CT molecular complexity index is 2800. The highest BCUT2D eigenvalue weighted by atomic mass is 32.1. The van der Waals surface area contributed by atoms with Crippen molar-refractivity contribution in [2.24, 2.45) is 5.92 Å². The van der Waals surface area contributed by atoms with Crippen molar-refractivity contribution in [3.05, 3.63) is 90.1 Å². The topological polar surface area (TPSA) is 396 Å². The Morgan fingerprint density at radius 3 is 1.50 bits per heavy atom. The van der Waals surface area contributed by atoms with Gasteiger partial charge < -0.3 is 78.5 Å². The van der Waals surface area contributed by atoms with E-state index in [1.807, 2.05) is 0 Å². The van der Waals surface area contributed by atoms with Gasteiger partial charge in [-0.1, -0.05) is 62.4 Å². The van der Waals surface area contributed by atoms with Gasteiger partial charge in [0.1, 0.15) is 54.4 Å². The van der Waals surface area contributed by atoms with Gasteiger partial charge >= 0.3 is 0 Å². The van der Waals surface area contributed by atoms with Crippen molar-refractivity contribution in [2.45, 2.75) is 133 Å². The molecule has 4 aromatic rings. The maximum absolute atomic E-state index is 14.5. The number of carbonyl (C=O) groups is 10. The molecule has 1 saturated heterocycles. The minimum Gasteiger partial charge on any atom is -0.391 e. The summed E-state index contributed by atoms with van der Waals surface area (Å²) in [6, 6.07) is 1.33. The van der Waals surface area contributed by atoms with E-state index in [4.69, 9.17) is 0 Å². The van der Waals surface area contributed by atoms with Gasteiger partial charge in [0.25, 0.3) is 0 Å². The van der Waals surface area contributed by atoms with Gasteiger partial charge in [0, 0.05) is 59.8 Å². The molecule has 1 aliphatic heterocycles. The van der Waals surface area contributed by atoms with Gasteiger partial charge in [-0.3, -0.25) is 47.9 Å². The number of amides is 10. The number of hydrogen-bond donors (Lipinski definition) is 17. The van der Waals surface area contributed by atoms with E-state index in [9.17, 15) is 63.3 Å². The minimum atomic E-state index is -1.85.